The molecule has 0 bridgehead atoms. The van der Waals surface area contributed by atoms with Gasteiger partial charge in [0.15, 0.2) is 4.90 Å². The van der Waals surface area contributed by atoms with Crippen LogP contribution in [0, 0.1) is 18.6 Å². The Morgan fingerprint density at radius 1 is 1.00 bits per heavy atom. The Morgan fingerprint density at radius 2 is 1.54 bits per heavy atom. The first-order valence-corrected chi connectivity index (χ1v) is 9.33. The van der Waals surface area contributed by atoms with Gasteiger partial charge in [0, 0.05) is 15.6 Å². The average molecular weight is 419 g/mol. The summed E-state index contributed by atoms with van der Waals surface area (Å²) in [6.07, 6.45) is 0. The predicted octanol–water partition coefficient (Wildman–Crippen LogP) is 4.55. The number of halogens is 4. The average Bonchev–Trinajstić information content (AvgIpc) is 2.85. The smallest absolute Gasteiger partial charge is 0.243 e. The highest BCUT2D eigenvalue weighted by molar-refractivity contribution is 7.89. The molecule has 26 heavy (non-hydrogen) atoms. The molecule has 0 aliphatic carbocycles. The number of rotatable bonds is 3. The lowest BCUT2D eigenvalue weighted by Gasteiger charge is -2.08. The Kier molecular flexibility index (Phi) is 4.78. The largest absolute Gasteiger partial charge is 0.360 e. The van der Waals surface area contributed by atoms with Crippen LogP contribution in [0.2, 0.25) is 10.0 Å². The fourth-order valence-corrected chi connectivity index (χ4v) is 3.76. The third-order valence-corrected chi connectivity index (χ3v) is 4.97. The predicted molar refractivity (Wildman–Crippen MR) is 93.4 cm³/mol. The van der Waals surface area contributed by atoms with Gasteiger partial charge in [-0.3, -0.25) is 0 Å². The van der Waals surface area contributed by atoms with Gasteiger partial charge in [-0.15, -0.1) is 0 Å². The number of primary sulfonamides is 1. The molecule has 0 saturated carbocycles. The Balaban J connectivity index is 2.25. The molecule has 0 spiro atoms. The second-order valence-corrected chi connectivity index (χ2v) is 7.81. The van der Waals surface area contributed by atoms with Crippen LogP contribution in [0.1, 0.15) is 5.76 Å². The van der Waals surface area contributed by atoms with Crippen molar-refractivity contribution in [3.8, 4) is 22.4 Å². The van der Waals surface area contributed by atoms with E-state index in [9.17, 15) is 17.2 Å². The molecule has 0 radical (unpaired) electrons. The molecule has 10 heteroatoms. The number of aromatic nitrogens is 1. The van der Waals surface area contributed by atoms with Crippen LogP contribution in [0.25, 0.3) is 22.4 Å². The minimum Gasteiger partial charge on any atom is -0.360 e. The molecule has 0 amide bonds. The Morgan fingerprint density at radius 3 is 2.04 bits per heavy atom. The number of hydrogen-bond donors (Lipinski definition) is 1. The van der Waals surface area contributed by atoms with Crippen molar-refractivity contribution < 1.29 is 21.7 Å². The Hall–Kier alpha value is -2.00. The highest BCUT2D eigenvalue weighted by Gasteiger charge is 2.25. The van der Waals surface area contributed by atoms with Crippen molar-refractivity contribution in [1.82, 2.24) is 5.16 Å². The summed E-state index contributed by atoms with van der Waals surface area (Å²) in [5.74, 6) is -2.38. The number of hydrogen-bond acceptors (Lipinski definition) is 4. The quantitative estimate of drug-likeness (QED) is 0.675. The van der Waals surface area contributed by atoms with Gasteiger partial charge >= 0.3 is 0 Å². The van der Waals surface area contributed by atoms with E-state index < -0.39 is 26.6 Å². The molecule has 2 N–H and O–H groups in total. The molecule has 136 valence electrons. The van der Waals surface area contributed by atoms with Crippen LogP contribution in [0.3, 0.4) is 0 Å². The van der Waals surface area contributed by atoms with Gasteiger partial charge in [0.1, 0.15) is 23.1 Å². The lowest BCUT2D eigenvalue weighted by atomic mass is 9.99. The molecule has 1 aromatic heterocycles. The van der Waals surface area contributed by atoms with Gasteiger partial charge in [0.2, 0.25) is 10.0 Å². The van der Waals surface area contributed by atoms with Gasteiger partial charge in [-0.1, -0.05) is 28.4 Å². The zero-order valence-corrected chi connectivity index (χ0v) is 15.4. The summed E-state index contributed by atoms with van der Waals surface area (Å²) < 4.78 is 56.2. The van der Waals surface area contributed by atoms with Crippen LogP contribution < -0.4 is 5.14 Å². The summed E-state index contributed by atoms with van der Waals surface area (Å²) in [7, 11) is -4.56. The first-order valence-electron chi connectivity index (χ1n) is 7.03. The van der Waals surface area contributed by atoms with Gasteiger partial charge in [-0.05, 0) is 42.8 Å². The maximum Gasteiger partial charge on any atom is 0.243 e. The van der Waals surface area contributed by atoms with Crippen LogP contribution in [0.15, 0.2) is 39.8 Å². The summed E-state index contributed by atoms with van der Waals surface area (Å²) in [4.78, 5) is -1.21. The molecule has 3 aromatic rings. The molecule has 0 aliphatic rings. The van der Waals surface area contributed by atoms with Gasteiger partial charge in [0.25, 0.3) is 0 Å². The van der Waals surface area contributed by atoms with E-state index in [1.165, 1.54) is 6.07 Å². The molecule has 0 unspecified atom stereocenters. The van der Waals surface area contributed by atoms with Gasteiger partial charge in [-0.25, -0.2) is 22.3 Å². The summed E-state index contributed by atoms with van der Waals surface area (Å²) >= 11 is 12.0. The number of benzene rings is 2. The third-order valence-electron chi connectivity index (χ3n) is 3.57. The third kappa shape index (κ3) is 3.45. The molecular formula is C16H10Cl2F2N2O3S. The van der Waals surface area contributed by atoms with Crippen molar-refractivity contribution in [3.63, 3.8) is 0 Å². The zero-order valence-electron chi connectivity index (χ0n) is 13.1. The van der Waals surface area contributed by atoms with Crippen molar-refractivity contribution in [2.24, 2.45) is 5.14 Å². The van der Waals surface area contributed by atoms with Gasteiger partial charge in [0.05, 0.1) is 5.56 Å². The van der Waals surface area contributed by atoms with E-state index in [-0.39, 0.29) is 22.6 Å². The summed E-state index contributed by atoms with van der Waals surface area (Å²) in [5.41, 5.74) is 0.999. The fourth-order valence-electron chi connectivity index (χ4n) is 2.58. The van der Waals surface area contributed by atoms with E-state index in [4.69, 9.17) is 32.9 Å². The second kappa shape index (κ2) is 6.62. The SMILES string of the molecule is Cc1onc(-c2cc(Cl)cc(Cl)c2)c1-c1cc(F)c(S(N)(=O)=O)c(F)c1. The monoisotopic (exact) mass is 418 g/mol. The number of sulfonamides is 1. The van der Waals surface area contributed by atoms with E-state index in [0.29, 0.717) is 15.6 Å². The maximum absolute atomic E-state index is 14.2. The normalized spacial score (nSPS) is 11.8. The lowest BCUT2D eigenvalue weighted by Crippen LogP contribution is -2.16. The van der Waals surface area contributed by atoms with E-state index >= 15 is 0 Å². The van der Waals surface area contributed by atoms with Crippen LogP contribution >= 0.6 is 23.2 Å². The van der Waals surface area contributed by atoms with Crippen LogP contribution in [0.5, 0.6) is 0 Å². The first kappa shape index (κ1) is 18.8. The molecule has 0 saturated heterocycles. The maximum atomic E-state index is 14.2. The molecule has 0 atom stereocenters. The molecule has 0 fully saturated rings. The highest BCUT2D eigenvalue weighted by Crippen LogP contribution is 2.37. The second-order valence-electron chi connectivity index (χ2n) is 5.43. The topological polar surface area (TPSA) is 86.2 Å². The van der Waals surface area contributed by atoms with E-state index in [0.717, 1.165) is 12.1 Å². The highest BCUT2D eigenvalue weighted by atomic mass is 35.5. The summed E-state index contributed by atoms with van der Waals surface area (Å²) in [5, 5.41) is 9.41. The van der Waals surface area contributed by atoms with E-state index in [1.54, 1.807) is 19.1 Å². The fraction of sp³-hybridized carbons (Fsp3) is 0.0625. The molecule has 3 rings (SSSR count). The lowest BCUT2D eigenvalue weighted by molar-refractivity contribution is 0.400. The van der Waals surface area contributed by atoms with Crippen LogP contribution in [-0.2, 0) is 10.0 Å². The Bertz CT molecular complexity index is 1090. The molecular weight excluding hydrogens is 409 g/mol. The summed E-state index contributed by atoms with van der Waals surface area (Å²) in [6, 6.07) is 6.31. The van der Waals surface area contributed by atoms with Gasteiger partial charge in [-0.2, -0.15) is 0 Å². The summed E-state index contributed by atoms with van der Waals surface area (Å²) in [6.45, 7) is 1.54. The standard InChI is InChI=1S/C16H10Cl2F2N2O3S/c1-7-14(8-4-12(19)16(13(20)5-8)26(21,23)24)15(22-25-7)9-2-10(17)6-11(18)3-9/h2-6H,1H3,(H2,21,23,24). The zero-order chi connectivity index (χ0) is 19.2. The molecule has 0 aliphatic heterocycles. The minimum absolute atomic E-state index is 0.0252. The van der Waals surface area contributed by atoms with Crippen LogP contribution in [0.4, 0.5) is 8.78 Å². The Labute approximate surface area is 157 Å². The first-order chi connectivity index (χ1) is 12.1. The van der Waals surface area contributed by atoms with E-state index in [1.807, 2.05) is 0 Å². The van der Waals surface area contributed by atoms with Crippen molar-refractivity contribution in [2.45, 2.75) is 11.8 Å². The van der Waals surface area contributed by atoms with Gasteiger partial charge < -0.3 is 4.52 Å². The molecule has 2 aromatic carbocycles. The number of nitrogens with two attached hydrogens (primary N) is 1. The van der Waals surface area contributed by atoms with Crippen molar-refractivity contribution >= 4 is 33.2 Å². The molecule has 5 nitrogen and oxygen atoms in total. The van der Waals surface area contributed by atoms with Crippen molar-refractivity contribution in [2.75, 3.05) is 0 Å². The minimum atomic E-state index is -4.56. The van der Waals surface area contributed by atoms with Crippen molar-refractivity contribution in [1.29, 1.82) is 0 Å². The van der Waals surface area contributed by atoms with E-state index in [2.05, 4.69) is 5.16 Å². The number of nitrogens with zero attached hydrogens (tertiary/aromatic N) is 1. The van der Waals surface area contributed by atoms with Crippen LogP contribution in [-0.4, -0.2) is 13.6 Å². The molecule has 1 heterocycles. The number of aryl methyl sites for hydroxylation is 1. The van der Waals surface area contributed by atoms with Crippen molar-refractivity contribution in [3.05, 3.63) is 57.8 Å².